The third kappa shape index (κ3) is 2.59. The molecule has 0 amide bonds. The standard InChI is InChI=1S/C10H6F.BrH.Zn/c11-10-7-3-5-8-4-1-2-6-9(8)10;;/h1-4,6-7H;1H;/q-1;;+2/p-1. The van der Waals surface area contributed by atoms with Crippen LogP contribution in [-0.4, -0.2) is 0 Å². The van der Waals surface area contributed by atoms with Gasteiger partial charge in [-0.2, -0.15) is 0 Å². The van der Waals surface area contributed by atoms with E-state index >= 15 is 0 Å². The van der Waals surface area contributed by atoms with Crippen molar-refractivity contribution in [3.05, 3.63) is 48.3 Å². The van der Waals surface area contributed by atoms with Crippen molar-refractivity contribution in [2.45, 2.75) is 0 Å². The van der Waals surface area contributed by atoms with Crippen LogP contribution >= 0.6 is 13.6 Å². The summed E-state index contributed by atoms with van der Waals surface area (Å²) in [6.45, 7) is 0. The normalized spacial score (nSPS) is 9.23. The molecule has 0 saturated carbocycles. The molecular formula is C10H6BrFZn. The van der Waals surface area contributed by atoms with E-state index in [1.807, 2.05) is 18.2 Å². The number of rotatable bonds is 0. The molecule has 0 N–H and O–H groups in total. The van der Waals surface area contributed by atoms with E-state index in [2.05, 4.69) is 19.7 Å². The van der Waals surface area contributed by atoms with Crippen molar-refractivity contribution >= 4 is 24.4 Å². The van der Waals surface area contributed by atoms with E-state index in [1.165, 1.54) is 22.4 Å². The van der Waals surface area contributed by atoms with Gasteiger partial charge in [0.15, 0.2) is 0 Å². The first-order valence-electron chi connectivity index (χ1n) is 3.69. The molecule has 0 spiro atoms. The van der Waals surface area contributed by atoms with Gasteiger partial charge in [0.25, 0.3) is 0 Å². The summed E-state index contributed by atoms with van der Waals surface area (Å²) in [5, 5.41) is 1.46. The minimum atomic E-state index is -0.181. The number of benzene rings is 2. The van der Waals surface area contributed by atoms with E-state index in [0.29, 0.717) is 5.39 Å². The number of hydrogen-bond donors (Lipinski definition) is 0. The van der Waals surface area contributed by atoms with Gasteiger partial charge in [-0.3, -0.25) is 0 Å². The van der Waals surface area contributed by atoms with Crippen LogP contribution in [0.1, 0.15) is 0 Å². The molecule has 0 bridgehead atoms. The maximum absolute atomic E-state index is 13.0. The Morgan fingerprint density at radius 1 is 1.15 bits per heavy atom. The molecule has 62 valence electrons. The molecule has 0 aliphatic carbocycles. The molecule has 0 aromatic heterocycles. The monoisotopic (exact) mass is 288 g/mol. The zero-order chi connectivity index (χ0) is 9.68. The van der Waals surface area contributed by atoms with E-state index < -0.39 is 0 Å². The third-order valence-electron chi connectivity index (χ3n) is 1.65. The van der Waals surface area contributed by atoms with Gasteiger partial charge in [-0.25, -0.2) is 4.39 Å². The van der Waals surface area contributed by atoms with Crippen LogP contribution in [0.5, 0.6) is 0 Å². The Labute approximate surface area is 93.2 Å². The summed E-state index contributed by atoms with van der Waals surface area (Å²) in [6, 6.07) is 13.3. The predicted octanol–water partition coefficient (Wildman–Crippen LogP) is 3.62. The van der Waals surface area contributed by atoms with Crippen LogP contribution in [0.25, 0.3) is 10.8 Å². The van der Waals surface area contributed by atoms with Crippen molar-refractivity contribution in [3.8, 4) is 0 Å². The Kier molecular flexibility index (Phi) is 4.54. The molecule has 0 nitrogen and oxygen atoms in total. The van der Waals surface area contributed by atoms with Crippen LogP contribution in [0.2, 0.25) is 0 Å². The number of hydrogen-bond acceptors (Lipinski definition) is 0. The fourth-order valence-corrected chi connectivity index (χ4v) is 1.11. The maximum atomic E-state index is 13.0. The topological polar surface area (TPSA) is 0 Å². The van der Waals surface area contributed by atoms with Crippen LogP contribution in [0, 0.1) is 11.9 Å². The third-order valence-corrected chi connectivity index (χ3v) is 1.65. The summed E-state index contributed by atoms with van der Waals surface area (Å²) in [4.78, 5) is 0. The average Bonchev–Trinajstić information content (AvgIpc) is 2.22. The minimum absolute atomic E-state index is 0.181. The van der Waals surface area contributed by atoms with Gasteiger partial charge in [0.2, 0.25) is 0 Å². The van der Waals surface area contributed by atoms with E-state index in [4.69, 9.17) is 0 Å². The van der Waals surface area contributed by atoms with Crippen LogP contribution < -0.4 is 0 Å². The second kappa shape index (κ2) is 5.46. The van der Waals surface area contributed by atoms with Crippen molar-refractivity contribution < 1.29 is 20.7 Å². The molecule has 0 unspecified atom stereocenters. The first-order valence-corrected chi connectivity index (χ1v) is 10.6. The molecule has 0 fully saturated rings. The summed E-state index contributed by atoms with van der Waals surface area (Å²) in [7, 11) is 0. The summed E-state index contributed by atoms with van der Waals surface area (Å²) in [5.41, 5.74) is 0. The summed E-state index contributed by atoms with van der Waals surface area (Å²) in [6.07, 6.45) is 0. The van der Waals surface area contributed by atoms with E-state index in [0.717, 1.165) is 5.39 Å². The molecule has 0 atom stereocenters. The molecule has 0 radical (unpaired) electrons. The van der Waals surface area contributed by atoms with Gasteiger partial charge in [0, 0.05) is 5.82 Å². The summed E-state index contributed by atoms with van der Waals surface area (Å²) < 4.78 is 13.0. The summed E-state index contributed by atoms with van der Waals surface area (Å²) in [5.74, 6) is -0.181. The molecule has 3 heteroatoms. The first kappa shape index (κ1) is 10.8. The van der Waals surface area contributed by atoms with Gasteiger partial charge in [0.05, 0.1) is 0 Å². The van der Waals surface area contributed by atoms with Crippen molar-refractivity contribution in [2.24, 2.45) is 0 Å². The van der Waals surface area contributed by atoms with Crippen molar-refractivity contribution in [1.29, 1.82) is 0 Å². The van der Waals surface area contributed by atoms with Crippen molar-refractivity contribution in [2.75, 3.05) is 0 Å². The van der Waals surface area contributed by atoms with E-state index in [-0.39, 0.29) is 5.82 Å². The molecule has 2 rings (SSSR count). The quantitative estimate of drug-likeness (QED) is 0.513. The number of halogens is 2. The summed E-state index contributed by atoms with van der Waals surface area (Å²) >= 11 is 4.25. The number of fused-ring (bicyclic) bond motifs is 1. The zero-order valence-electron chi connectivity index (χ0n) is 6.93. The van der Waals surface area contributed by atoms with Crippen LogP contribution in [0.4, 0.5) is 4.39 Å². The van der Waals surface area contributed by atoms with Gasteiger partial charge in [-0.1, -0.05) is 17.5 Å². The van der Waals surface area contributed by atoms with Crippen molar-refractivity contribution in [1.82, 2.24) is 0 Å². The molecule has 13 heavy (non-hydrogen) atoms. The average molecular weight is 290 g/mol. The fourth-order valence-electron chi connectivity index (χ4n) is 1.11. The Morgan fingerprint density at radius 3 is 2.54 bits per heavy atom. The van der Waals surface area contributed by atoms with Gasteiger partial charge < -0.3 is 0 Å². The molecule has 0 aliphatic rings. The van der Waals surface area contributed by atoms with E-state index in [9.17, 15) is 4.39 Å². The molecule has 2 aromatic rings. The SMILES string of the molecule is Fc1cc[c-]c2ccccc12.[Zn+][Br]. The zero-order valence-corrected chi connectivity index (χ0v) is 11.5. The Bertz CT molecular complexity index is 384. The van der Waals surface area contributed by atoms with Gasteiger partial charge >= 0.3 is 30.0 Å². The van der Waals surface area contributed by atoms with Crippen molar-refractivity contribution in [3.63, 3.8) is 0 Å². The fraction of sp³-hybridized carbons (Fsp3) is 0. The molecule has 2 aromatic carbocycles. The van der Waals surface area contributed by atoms with Gasteiger partial charge in [0.1, 0.15) is 0 Å². The predicted molar refractivity (Wildman–Crippen MR) is 51.7 cm³/mol. The second-order valence-corrected chi connectivity index (χ2v) is 2.37. The Morgan fingerprint density at radius 2 is 1.85 bits per heavy atom. The molecular weight excluding hydrogens is 284 g/mol. The molecule has 0 saturated heterocycles. The molecule has 0 heterocycles. The second-order valence-electron chi connectivity index (χ2n) is 2.37. The van der Waals surface area contributed by atoms with Crippen LogP contribution in [-0.2, 0) is 16.3 Å². The van der Waals surface area contributed by atoms with E-state index in [1.54, 1.807) is 12.1 Å². The van der Waals surface area contributed by atoms with Gasteiger partial charge in [-0.05, 0) is 0 Å². The Hall–Kier alpha value is -0.267. The molecule has 0 aliphatic heterocycles. The van der Waals surface area contributed by atoms with Crippen LogP contribution in [0.15, 0.2) is 36.4 Å². The first-order chi connectivity index (χ1) is 6.38. The van der Waals surface area contributed by atoms with Crippen LogP contribution in [0.3, 0.4) is 0 Å². The Balaban J connectivity index is 0.000000396. The van der Waals surface area contributed by atoms with Gasteiger partial charge in [-0.15, -0.1) is 35.7 Å².